The number of halogens is 3. The van der Waals surface area contributed by atoms with E-state index >= 15 is 8.78 Å². The van der Waals surface area contributed by atoms with Crippen LogP contribution in [0, 0.1) is 24.5 Å². The second-order valence-corrected chi connectivity index (χ2v) is 23.5. The van der Waals surface area contributed by atoms with E-state index in [4.69, 9.17) is 14.7 Å². The minimum absolute atomic E-state index is 0.0272. The molecule has 1 unspecified atom stereocenters. The minimum Gasteiger partial charge on any atom is -0.494 e. The minimum atomic E-state index is -2.65. The first-order valence-corrected chi connectivity index (χ1v) is 27.8. The highest BCUT2D eigenvalue weighted by Gasteiger charge is 2.38. The third-order valence-corrected chi connectivity index (χ3v) is 19.2. The van der Waals surface area contributed by atoms with Crippen LogP contribution in [0.2, 0.25) is 0 Å². The van der Waals surface area contributed by atoms with Gasteiger partial charge in [-0.25, -0.2) is 13.8 Å². The van der Waals surface area contributed by atoms with Crippen LogP contribution in [0.4, 0.5) is 43.3 Å². The second-order valence-electron chi connectivity index (χ2n) is 19.5. The van der Waals surface area contributed by atoms with Crippen LogP contribution in [0.3, 0.4) is 0 Å². The molecule has 3 N–H and O–H groups in total. The summed E-state index contributed by atoms with van der Waals surface area (Å²) in [6, 6.07) is 15.1. The van der Waals surface area contributed by atoms with Crippen molar-refractivity contribution >= 4 is 91.5 Å². The lowest BCUT2D eigenvalue weighted by Gasteiger charge is -2.44. The van der Waals surface area contributed by atoms with E-state index in [1.54, 1.807) is 13.3 Å². The fourth-order valence-electron chi connectivity index (χ4n) is 11.4. The Kier molecular flexibility index (Phi) is 14.1. The first-order valence-electron chi connectivity index (χ1n) is 24.9. The number of carbonyl (C=O) groups excluding carboxylic acids is 3. The summed E-state index contributed by atoms with van der Waals surface area (Å²) in [6.45, 7) is 9.58. The molecule has 5 fully saturated rings. The maximum Gasteiger partial charge on any atom is 0.234 e. The van der Waals surface area contributed by atoms with Crippen LogP contribution in [0.25, 0.3) is 10.9 Å². The van der Waals surface area contributed by atoms with Gasteiger partial charge in [-0.1, -0.05) is 13.0 Å². The molecule has 0 spiro atoms. The fraction of sp³-hybridized carbons (Fsp3) is 0.462. The highest BCUT2D eigenvalue weighted by molar-refractivity contribution is 9.10. The average Bonchev–Trinajstić information content (AvgIpc) is 4.05. The number of carbonyl (C=O) groups is 3. The Hall–Kier alpha value is -5.71. The van der Waals surface area contributed by atoms with Crippen molar-refractivity contribution in [2.24, 2.45) is 5.92 Å². The second kappa shape index (κ2) is 20.4. The molecule has 2 aromatic heterocycles. The summed E-state index contributed by atoms with van der Waals surface area (Å²) in [5.41, 5.74) is 5.60. The van der Waals surface area contributed by atoms with Gasteiger partial charge in [0.1, 0.15) is 30.3 Å². The number of hydrogen-bond donors (Lipinski definition) is 3. The van der Waals surface area contributed by atoms with Gasteiger partial charge in [0.05, 0.1) is 40.3 Å². The summed E-state index contributed by atoms with van der Waals surface area (Å²) in [5, 5.41) is 10.9. The third-order valence-electron chi connectivity index (χ3n) is 15.2. The van der Waals surface area contributed by atoms with Gasteiger partial charge in [-0.2, -0.15) is 4.98 Å². The van der Waals surface area contributed by atoms with Crippen molar-refractivity contribution in [1.29, 1.82) is 0 Å². The van der Waals surface area contributed by atoms with Gasteiger partial charge in [-0.05, 0) is 110 Å². The van der Waals surface area contributed by atoms with Crippen LogP contribution >= 0.6 is 23.1 Å². The molecule has 7 heterocycles. The van der Waals surface area contributed by atoms with Gasteiger partial charge in [0.25, 0.3) is 0 Å². The molecule has 2 atom stereocenters. The summed E-state index contributed by atoms with van der Waals surface area (Å²) in [7, 11) is -0.987. The molecule has 3 aromatic carbocycles. The predicted molar refractivity (Wildman–Crippen MR) is 277 cm³/mol. The number of nitrogens with one attached hydrogen (secondary N) is 3. The molecule has 5 aliphatic rings. The number of anilines is 6. The number of ether oxygens (including phenoxy) is 1. The van der Waals surface area contributed by atoms with Gasteiger partial charge in [-0.3, -0.25) is 29.6 Å². The number of piperazine rings is 1. The number of hydrogen-bond acceptors (Lipinski definition) is 13. The SMILES string of the molecule is CCc1cc(Nc2ncc(Br)c(Nc3ccc4nc(C)ccc4c3P3(=O)CCCC3)n2)c(OC)cc1N1CCC(N2CCN(C(=O)[C@@H]3CCN(c4cc(F)c(C5CCC(=O)NC5=O)c(F)c4)C3)CC2)CC1. The highest BCUT2D eigenvalue weighted by atomic mass is 79.9. The molecule has 10 rings (SSSR count). The van der Waals surface area contributed by atoms with Crippen molar-refractivity contribution in [3.8, 4) is 5.75 Å². The number of fused-ring (bicyclic) bond motifs is 1. The van der Waals surface area contributed by atoms with Crippen molar-refractivity contribution in [3.05, 3.63) is 87.7 Å². The molecular formula is C52H60BrF2N10O5P. The number of benzene rings is 3. The molecule has 3 amide bonds. The van der Waals surface area contributed by atoms with Gasteiger partial charge in [0.15, 0.2) is 0 Å². The van der Waals surface area contributed by atoms with Gasteiger partial charge in [0.2, 0.25) is 23.7 Å². The predicted octanol–water partition coefficient (Wildman–Crippen LogP) is 8.37. The number of pyridine rings is 1. The number of nitrogens with zero attached hydrogens (tertiary/aromatic N) is 7. The molecule has 0 bridgehead atoms. The topological polar surface area (TPSA) is 165 Å². The normalized spacial score (nSPS) is 21.0. The van der Waals surface area contributed by atoms with E-state index < -0.39 is 36.5 Å². The lowest BCUT2D eigenvalue weighted by atomic mass is 9.89. The largest absolute Gasteiger partial charge is 0.494 e. The molecule has 5 saturated heterocycles. The quantitative estimate of drug-likeness (QED) is 0.0807. The van der Waals surface area contributed by atoms with E-state index in [0.29, 0.717) is 78.6 Å². The van der Waals surface area contributed by atoms with E-state index in [2.05, 4.69) is 65.7 Å². The van der Waals surface area contributed by atoms with E-state index in [9.17, 15) is 18.9 Å². The lowest BCUT2D eigenvalue weighted by Crippen LogP contribution is -2.55. The summed E-state index contributed by atoms with van der Waals surface area (Å²) in [4.78, 5) is 60.7. The number of rotatable bonds is 12. The molecule has 71 heavy (non-hydrogen) atoms. The number of aromatic nitrogens is 3. The Labute approximate surface area is 421 Å². The van der Waals surface area contributed by atoms with E-state index in [1.165, 1.54) is 17.7 Å². The van der Waals surface area contributed by atoms with Crippen LogP contribution in [-0.4, -0.2) is 120 Å². The summed E-state index contributed by atoms with van der Waals surface area (Å²) in [5.74, 6) is -2.43. The zero-order chi connectivity index (χ0) is 49.6. The summed E-state index contributed by atoms with van der Waals surface area (Å²) < 4.78 is 51.8. The van der Waals surface area contributed by atoms with Gasteiger partial charge >= 0.3 is 0 Å². The number of amides is 3. The van der Waals surface area contributed by atoms with Crippen LogP contribution in [-0.2, 0) is 25.4 Å². The lowest BCUT2D eigenvalue weighted by molar-refractivity contribution is -0.137. The molecule has 0 saturated carbocycles. The summed E-state index contributed by atoms with van der Waals surface area (Å²) in [6.07, 6.45) is 8.40. The first-order chi connectivity index (χ1) is 34.3. The van der Waals surface area contributed by atoms with Crippen LogP contribution in [0.15, 0.2) is 59.2 Å². The molecule has 0 aliphatic carbocycles. The van der Waals surface area contributed by atoms with Crippen molar-refractivity contribution in [2.75, 3.05) is 92.2 Å². The summed E-state index contributed by atoms with van der Waals surface area (Å²) >= 11 is 3.66. The molecule has 5 aromatic rings. The van der Waals surface area contributed by atoms with E-state index in [-0.39, 0.29) is 30.2 Å². The van der Waals surface area contributed by atoms with Crippen LogP contribution < -0.4 is 35.8 Å². The fourth-order valence-corrected chi connectivity index (χ4v) is 15.0. The standard InChI is InChI=1S/C52H60BrF2N10O5P/c1-4-32-25-43(59-52-56-29-38(53)49(61-52)58-42-11-10-41-36(8-7-31(2)57-41)48(42)71(69)23-5-6-24-71)45(70-3)28-44(32)63-17-14-34(15-18-63)62-19-21-64(22-20-62)51(68)33-13-16-65(30-33)35-26-39(54)47(40(55)27-35)37-9-12-46(66)60-50(37)67/h7-8,10-11,25-29,33-34,37H,4-6,9,12-24,30H2,1-3H3,(H,60,66,67)(H2,56,58,59,61)/t33-,37?/m1/s1. The monoisotopic (exact) mass is 1050 g/mol. The van der Waals surface area contributed by atoms with Gasteiger partial charge < -0.3 is 34.6 Å². The van der Waals surface area contributed by atoms with Crippen LogP contribution in [0.1, 0.15) is 74.6 Å². The zero-order valence-corrected chi connectivity index (χ0v) is 42.9. The van der Waals surface area contributed by atoms with Crippen molar-refractivity contribution in [2.45, 2.75) is 77.2 Å². The number of imide groups is 1. The maximum absolute atomic E-state index is 15.3. The smallest absolute Gasteiger partial charge is 0.234 e. The van der Waals surface area contributed by atoms with E-state index in [1.807, 2.05) is 41.0 Å². The highest BCUT2D eigenvalue weighted by Crippen LogP contribution is 2.54. The van der Waals surface area contributed by atoms with Crippen molar-refractivity contribution in [1.82, 2.24) is 30.1 Å². The van der Waals surface area contributed by atoms with Crippen LogP contribution in [0.5, 0.6) is 5.75 Å². The molecule has 19 heteroatoms. The molecule has 15 nitrogen and oxygen atoms in total. The Balaban J connectivity index is 0.747. The van der Waals surface area contributed by atoms with E-state index in [0.717, 1.165) is 97.2 Å². The molecular weight excluding hydrogens is 994 g/mol. The molecule has 374 valence electrons. The first kappa shape index (κ1) is 48.9. The molecule has 0 radical (unpaired) electrons. The zero-order valence-electron chi connectivity index (χ0n) is 40.4. The number of methoxy groups -OCH3 is 1. The Morgan fingerprint density at radius 2 is 1.62 bits per heavy atom. The Bertz CT molecular complexity index is 2920. The van der Waals surface area contributed by atoms with Crippen molar-refractivity contribution in [3.63, 3.8) is 0 Å². The number of aryl methyl sites for hydroxylation is 2. The van der Waals surface area contributed by atoms with Gasteiger partial charge in [-0.15, -0.1) is 0 Å². The van der Waals surface area contributed by atoms with Crippen molar-refractivity contribution < 1.29 is 32.5 Å². The van der Waals surface area contributed by atoms with Gasteiger partial charge in [0, 0.05) is 123 Å². The number of piperidine rings is 2. The molecule has 5 aliphatic heterocycles. The Morgan fingerprint density at radius 1 is 0.887 bits per heavy atom. The maximum atomic E-state index is 15.3. The average molecular weight is 1050 g/mol. The third kappa shape index (κ3) is 9.96. The Morgan fingerprint density at radius 3 is 2.32 bits per heavy atom.